The molecular formula is C24H34F3N3O. The number of fused-ring (bicyclic) bond motifs is 1. The molecule has 2 atom stereocenters. The number of amides is 1. The molecule has 0 aromatic heterocycles. The van der Waals surface area contributed by atoms with Crippen molar-refractivity contribution in [3.05, 3.63) is 34.9 Å². The molecule has 2 heterocycles. The van der Waals surface area contributed by atoms with Crippen LogP contribution in [-0.2, 0) is 17.6 Å². The summed E-state index contributed by atoms with van der Waals surface area (Å²) in [6.45, 7) is 2.95. The van der Waals surface area contributed by atoms with E-state index in [0.29, 0.717) is 25.9 Å². The van der Waals surface area contributed by atoms with Gasteiger partial charge in [0.25, 0.3) is 0 Å². The van der Waals surface area contributed by atoms with Crippen molar-refractivity contribution in [2.45, 2.75) is 82.6 Å². The van der Waals surface area contributed by atoms with Gasteiger partial charge in [-0.3, -0.25) is 14.6 Å². The summed E-state index contributed by atoms with van der Waals surface area (Å²) in [7, 11) is 0. The largest absolute Gasteiger partial charge is 0.401 e. The number of nitrogens with one attached hydrogen (secondary N) is 1. The van der Waals surface area contributed by atoms with Gasteiger partial charge in [0.1, 0.15) is 0 Å². The normalized spacial score (nSPS) is 24.7. The highest BCUT2D eigenvalue weighted by atomic mass is 19.4. The highest BCUT2D eigenvalue weighted by Gasteiger charge is 2.39. The summed E-state index contributed by atoms with van der Waals surface area (Å²) in [5.74, 6) is 0.0560. The lowest BCUT2D eigenvalue weighted by molar-refractivity contribution is -0.149. The van der Waals surface area contributed by atoms with Crippen LogP contribution in [0.1, 0.15) is 68.2 Å². The van der Waals surface area contributed by atoms with Crippen LogP contribution < -0.4 is 5.32 Å². The minimum Gasteiger partial charge on any atom is -0.348 e. The summed E-state index contributed by atoms with van der Waals surface area (Å²) in [5.41, 5.74) is 4.00. The summed E-state index contributed by atoms with van der Waals surface area (Å²) in [6.07, 6.45) is 3.79. The van der Waals surface area contributed by atoms with Crippen LogP contribution in [0.2, 0.25) is 0 Å². The molecule has 0 spiro atoms. The number of rotatable bonds is 5. The fourth-order valence-electron chi connectivity index (χ4n) is 5.59. The lowest BCUT2D eigenvalue weighted by Gasteiger charge is -2.39. The third-order valence-corrected chi connectivity index (χ3v) is 7.26. The average molecular weight is 438 g/mol. The van der Waals surface area contributed by atoms with Gasteiger partial charge in [-0.25, -0.2) is 0 Å². The topological polar surface area (TPSA) is 35.6 Å². The van der Waals surface area contributed by atoms with Crippen LogP contribution in [-0.4, -0.2) is 60.1 Å². The second kappa shape index (κ2) is 9.49. The van der Waals surface area contributed by atoms with Crippen molar-refractivity contribution in [3.63, 3.8) is 0 Å². The summed E-state index contributed by atoms with van der Waals surface area (Å²) < 4.78 is 38.0. The van der Waals surface area contributed by atoms with E-state index in [9.17, 15) is 18.0 Å². The first-order valence-electron chi connectivity index (χ1n) is 11.8. The summed E-state index contributed by atoms with van der Waals surface area (Å²) in [6, 6.07) is 6.58. The Labute approximate surface area is 183 Å². The predicted molar refractivity (Wildman–Crippen MR) is 115 cm³/mol. The molecule has 1 aliphatic carbocycles. The smallest absolute Gasteiger partial charge is 0.348 e. The maximum atomic E-state index is 13.1. The van der Waals surface area contributed by atoms with Crippen molar-refractivity contribution < 1.29 is 18.0 Å². The molecule has 1 aromatic rings. The highest BCUT2D eigenvalue weighted by Crippen LogP contribution is 2.29. The number of carbonyl (C=O) groups excluding carboxylic acids is 1. The minimum atomic E-state index is -4.14. The molecule has 0 saturated carbocycles. The first kappa shape index (κ1) is 22.6. The minimum absolute atomic E-state index is 0.0455. The van der Waals surface area contributed by atoms with E-state index in [-0.39, 0.29) is 24.0 Å². The monoisotopic (exact) mass is 437 g/mol. The lowest BCUT2D eigenvalue weighted by Crippen LogP contribution is -2.52. The van der Waals surface area contributed by atoms with Crippen molar-refractivity contribution >= 4 is 5.91 Å². The molecule has 2 fully saturated rings. The van der Waals surface area contributed by atoms with E-state index in [2.05, 4.69) is 28.4 Å². The van der Waals surface area contributed by atoms with Crippen molar-refractivity contribution in [2.75, 3.05) is 26.2 Å². The van der Waals surface area contributed by atoms with E-state index in [4.69, 9.17) is 0 Å². The zero-order valence-corrected chi connectivity index (χ0v) is 18.4. The fourth-order valence-corrected chi connectivity index (χ4v) is 5.59. The Morgan fingerprint density at radius 1 is 1.06 bits per heavy atom. The van der Waals surface area contributed by atoms with Gasteiger partial charge in [-0.2, -0.15) is 13.2 Å². The molecule has 0 radical (unpaired) electrons. The van der Waals surface area contributed by atoms with E-state index in [1.165, 1.54) is 28.9 Å². The molecule has 172 valence electrons. The van der Waals surface area contributed by atoms with E-state index < -0.39 is 12.7 Å². The molecule has 1 N–H and O–H groups in total. The second-order valence-electron chi connectivity index (χ2n) is 9.48. The van der Waals surface area contributed by atoms with Crippen LogP contribution >= 0.6 is 0 Å². The molecule has 2 saturated heterocycles. The first-order valence-corrected chi connectivity index (χ1v) is 11.8. The summed E-state index contributed by atoms with van der Waals surface area (Å²) >= 11 is 0. The molecule has 4 nitrogen and oxygen atoms in total. The van der Waals surface area contributed by atoms with Crippen molar-refractivity contribution in [1.29, 1.82) is 0 Å². The number of halogens is 3. The van der Waals surface area contributed by atoms with Gasteiger partial charge < -0.3 is 5.32 Å². The lowest BCUT2D eigenvalue weighted by atomic mass is 9.89. The molecule has 0 bridgehead atoms. The Bertz CT molecular complexity index is 774. The standard InChI is InChI=1S/C24H34F3N3O/c1-17(19-9-8-18-5-2-3-6-20(18)15-19)28-23(31)22-7-4-12-30(22)21-10-13-29(14-11-21)16-24(25,26)27/h8-9,15,17,21-22H,2-7,10-14,16H2,1H3,(H,28,31)/t17-,22-/m0/s1. The van der Waals surface area contributed by atoms with Gasteiger partial charge in [-0.1, -0.05) is 18.2 Å². The van der Waals surface area contributed by atoms with Gasteiger partial charge in [0.15, 0.2) is 0 Å². The molecule has 0 unspecified atom stereocenters. The summed E-state index contributed by atoms with van der Waals surface area (Å²) in [5, 5.41) is 3.21. The van der Waals surface area contributed by atoms with Gasteiger partial charge in [0.05, 0.1) is 18.6 Å². The molecule has 1 amide bonds. The van der Waals surface area contributed by atoms with Gasteiger partial charge in [-0.05, 0) is 94.6 Å². The van der Waals surface area contributed by atoms with Crippen LogP contribution in [0.25, 0.3) is 0 Å². The Hall–Kier alpha value is -1.60. The number of benzene rings is 1. The second-order valence-corrected chi connectivity index (χ2v) is 9.48. The fraction of sp³-hybridized carbons (Fsp3) is 0.708. The molecule has 3 aliphatic rings. The Morgan fingerprint density at radius 2 is 1.77 bits per heavy atom. The number of nitrogens with zero attached hydrogens (tertiary/aromatic N) is 2. The molecule has 7 heteroatoms. The maximum absolute atomic E-state index is 13.1. The Kier molecular flexibility index (Phi) is 6.92. The molecule has 1 aromatic carbocycles. The Morgan fingerprint density at radius 3 is 2.48 bits per heavy atom. The van der Waals surface area contributed by atoms with E-state index in [1.807, 2.05) is 6.92 Å². The number of alkyl halides is 3. The van der Waals surface area contributed by atoms with E-state index in [0.717, 1.165) is 37.8 Å². The average Bonchev–Trinajstić information content (AvgIpc) is 3.23. The van der Waals surface area contributed by atoms with E-state index >= 15 is 0 Å². The summed E-state index contributed by atoms with van der Waals surface area (Å²) in [4.78, 5) is 16.8. The number of likely N-dealkylation sites (tertiary alicyclic amines) is 2. The zero-order valence-electron chi connectivity index (χ0n) is 18.4. The highest BCUT2D eigenvalue weighted by molar-refractivity contribution is 5.82. The maximum Gasteiger partial charge on any atom is 0.401 e. The van der Waals surface area contributed by atoms with Crippen LogP contribution in [0, 0.1) is 0 Å². The third-order valence-electron chi connectivity index (χ3n) is 7.26. The SMILES string of the molecule is C[C@H](NC(=O)[C@@H]1CCCN1C1CCN(CC(F)(F)F)CC1)c1ccc2c(c1)CCCC2. The van der Waals surface area contributed by atoms with Gasteiger partial charge >= 0.3 is 6.18 Å². The number of hydrogen-bond acceptors (Lipinski definition) is 3. The van der Waals surface area contributed by atoms with Crippen molar-refractivity contribution in [3.8, 4) is 0 Å². The third kappa shape index (κ3) is 5.61. The molecule has 4 rings (SSSR count). The van der Waals surface area contributed by atoms with E-state index in [1.54, 1.807) is 0 Å². The van der Waals surface area contributed by atoms with Crippen LogP contribution in [0.5, 0.6) is 0 Å². The molecule has 2 aliphatic heterocycles. The van der Waals surface area contributed by atoms with Crippen LogP contribution in [0.3, 0.4) is 0 Å². The number of carbonyl (C=O) groups is 1. The number of aryl methyl sites for hydroxylation is 2. The van der Waals surface area contributed by atoms with Crippen molar-refractivity contribution in [1.82, 2.24) is 15.1 Å². The van der Waals surface area contributed by atoms with Gasteiger partial charge in [-0.15, -0.1) is 0 Å². The first-order chi connectivity index (χ1) is 14.8. The molecular weight excluding hydrogens is 403 g/mol. The number of hydrogen-bond donors (Lipinski definition) is 1. The van der Waals surface area contributed by atoms with Crippen LogP contribution in [0.15, 0.2) is 18.2 Å². The predicted octanol–water partition coefficient (Wildman–Crippen LogP) is 4.23. The van der Waals surface area contributed by atoms with Crippen LogP contribution in [0.4, 0.5) is 13.2 Å². The van der Waals surface area contributed by atoms with Gasteiger partial charge in [0, 0.05) is 6.04 Å². The molecule has 31 heavy (non-hydrogen) atoms. The zero-order chi connectivity index (χ0) is 22.0. The van der Waals surface area contributed by atoms with Gasteiger partial charge in [0.2, 0.25) is 5.91 Å². The number of piperidine rings is 1. The Balaban J connectivity index is 1.33. The van der Waals surface area contributed by atoms with Crippen molar-refractivity contribution in [2.24, 2.45) is 0 Å². The quantitative estimate of drug-likeness (QED) is 0.749.